The Kier molecular flexibility index (Phi) is 10.3. The van der Waals surface area contributed by atoms with Gasteiger partial charge in [0.25, 0.3) is 0 Å². The van der Waals surface area contributed by atoms with Crippen LogP contribution in [0.3, 0.4) is 0 Å². The van der Waals surface area contributed by atoms with Crippen molar-refractivity contribution in [2.45, 2.75) is 46.6 Å². The molecule has 0 aromatic rings. The van der Waals surface area contributed by atoms with Crippen LogP contribution in [0.15, 0.2) is 0 Å². The van der Waals surface area contributed by atoms with Crippen LogP contribution in [-0.4, -0.2) is 24.0 Å². The largest absolute Gasteiger partial charge is 0.345 e. The van der Waals surface area contributed by atoms with Gasteiger partial charge in [0, 0.05) is 38.8 Å². The van der Waals surface area contributed by atoms with Crippen molar-refractivity contribution in [1.82, 2.24) is 4.90 Å². The van der Waals surface area contributed by atoms with E-state index in [-0.39, 0.29) is 38.1 Å². The second kappa shape index (κ2) is 8.24. The molecule has 1 heterocycles. The molecule has 0 bridgehead atoms. The molecule has 83 valence electrons. The summed E-state index contributed by atoms with van der Waals surface area (Å²) in [4.78, 5) is 2.48. The molecule has 1 saturated heterocycles. The molecule has 14 heavy (non-hydrogen) atoms. The number of likely N-dealkylation sites (tertiary alicyclic amines) is 1. The van der Waals surface area contributed by atoms with Crippen LogP contribution < -0.4 is 0 Å². The third kappa shape index (κ3) is 5.23. The number of nitrogens with zero attached hydrogens (tertiary/aromatic N) is 1. The summed E-state index contributed by atoms with van der Waals surface area (Å²) >= 11 is 0. The van der Waals surface area contributed by atoms with E-state index < -0.39 is 0 Å². The minimum atomic E-state index is 0. The van der Waals surface area contributed by atoms with Crippen LogP contribution in [0.25, 0.3) is 0 Å². The quantitative estimate of drug-likeness (QED) is 0.698. The van der Waals surface area contributed by atoms with E-state index in [0.29, 0.717) is 6.04 Å². The first-order valence-corrected chi connectivity index (χ1v) is 5.46. The first-order chi connectivity index (χ1) is 6.07. The molecular formula is C12H25NY-2. The summed E-state index contributed by atoms with van der Waals surface area (Å²) in [6.45, 7) is 19.0. The summed E-state index contributed by atoms with van der Waals surface area (Å²) in [6, 6.07) is 0.671. The van der Waals surface area contributed by atoms with E-state index in [1.54, 1.807) is 0 Å². The molecule has 1 rings (SSSR count). The third-order valence-electron chi connectivity index (χ3n) is 2.73. The van der Waals surface area contributed by atoms with E-state index in [9.17, 15) is 0 Å². The Morgan fingerprint density at radius 1 is 1.36 bits per heavy atom. The van der Waals surface area contributed by atoms with Crippen LogP contribution in [0.4, 0.5) is 0 Å². The molecule has 0 amide bonds. The number of hydrogen-bond donors (Lipinski definition) is 0. The van der Waals surface area contributed by atoms with Crippen molar-refractivity contribution in [2.24, 2.45) is 5.41 Å². The molecule has 2 heteroatoms. The Morgan fingerprint density at radius 3 is 2.07 bits per heavy atom. The molecule has 1 fully saturated rings. The minimum Gasteiger partial charge on any atom is -0.345 e. The molecule has 0 saturated carbocycles. The van der Waals surface area contributed by atoms with Crippen LogP contribution in [-0.2, 0) is 32.7 Å². The van der Waals surface area contributed by atoms with E-state index in [4.69, 9.17) is 0 Å². The Labute approximate surface area is 116 Å². The molecule has 0 N–H and O–H groups in total. The minimum absolute atomic E-state index is 0. The molecular weight excluding hydrogens is 247 g/mol. The van der Waals surface area contributed by atoms with Crippen LogP contribution in [0.2, 0.25) is 0 Å². The fraction of sp³-hybridized carbons (Fsp3) is 0.833. The van der Waals surface area contributed by atoms with Gasteiger partial charge in [-0.3, -0.25) is 0 Å². The first kappa shape index (κ1) is 17.5. The van der Waals surface area contributed by atoms with Gasteiger partial charge in [-0.25, -0.2) is 6.42 Å². The molecule has 1 atom stereocenters. The average Bonchev–Trinajstić information content (AvgIpc) is 2.53. The van der Waals surface area contributed by atoms with Crippen molar-refractivity contribution in [1.29, 1.82) is 0 Å². The van der Waals surface area contributed by atoms with Crippen LogP contribution in [0.1, 0.15) is 40.5 Å². The third-order valence-corrected chi connectivity index (χ3v) is 2.73. The number of rotatable bonds is 2. The molecule has 0 spiro atoms. The van der Waals surface area contributed by atoms with Gasteiger partial charge in [-0.2, -0.15) is 5.41 Å². The van der Waals surface area contributed by atoms with Gasteiger partial charge in [-0.15, -0.1) is 0 Å². The zero-order valence-electron chi connectivity index (χ0n) is 10.3. The van der Waals surface area contributed by atoms with E-state index in [1.165, 1.54) is 13.0 Å². The second-order valence-electron chi connectivity index (χ2n) is 4.06. The zero-order chi connectivity index (χ0) is 10.5. The zero-order valence-corrected chi connectivity index (χ0v) is 13.2. The smallest absolute Gasteiger partial charge is 0.00377 e. The van der Waals surface area contributed by atoms with Crippen molar-refractivity contribution in [2.75, 3.05) is 13.1 Å². The van der Waals surface area contributed by atoms with Crippen molar-refractivity contribution in [3.05, 3.63) is 13.8 Å². The standard InChI is InChI=1S/C10H19N.C2H6.Y/c1-5-10(4)6-7-11(8-10)9(2)3;1-2;/h9H,1,4-8H2,2-3H3;1-2H3;/q-2;;. The fourth-order valence-electron chi connectivity index (χ4n) is 1.61. The van der Waals surface area contributed by atoms with E-state index in [1.807, 2.05) is 13.8 Å². The Bertz CT molecular complexity index is 136. The molecule has 1 unspecified atom stereocenters. The summed E-state index contributed by atoms with van der Waals surface area (Å²) in [5.74, 6) is 0. The van der Waals surface area contributed by atoms with Crippen LogP contribution in [0.5, 0.6) is 0 Å². The molecule has 0 aromatic heterocycles. The van der Waals surface area contributed by atoms with Gasteiger partial charge >= 0.3 is 0 Å². The van der Waals surface area contributed by atoms with Crippen LogP contribution >= 0.6 is 0 Å². The summed E-state index contributed by atoms with van der Waals surface area (Å²) in [7, 11) is 0. The maximum absolute atomic E-state index is 4.22. The van der Waals surface area contributed by atoms with Crippen molar-refractivity contribution in [3.63, 3.8) is 0 Å². The van der Waals surface area contributed by atoms with Gasteiger partial charge < -0.3 is 18.7 Å². The van der Waals surface area contributed by atoms with E-state index >= 15 is 0 Å². The molecule has 0 aliphatic carbocycles. The Hall–Kier alpha value is 1.06. The monoisotopic (exact) mass is 272 g/mol. The van der Waals surface area contributed by atoms with Gasteiger partial charge in [0.2, 0.25) is 0 Å². The molecule has 0 aromatic carbocycles. The van der Waals surface area contributed by atoms with Gasteiger partial charge in [0.1, 0.15) is 0 Å². The van der Waals surface area contributed by atoms with Crippen molar-refractivity contribution in [3.8, 4) is 0 Å². The van der Waals surface area contributed by atoms with E-state index in [0.717, 1.165) is 13.0 Å². The van der Waals surface area contributed by atoms with Gasteiger partial charge in [0.05, 0.1) is 0 Å². The topological polar surface area (TPSA) is 3.24 Å². The summed E-state index contributed by atoms with van der Waals surface area (Å²) in [6.07, 6.45) is 2.19. The Balaban J connectivity index is 0. The van der Waals surface area contributed by atoms with Gasteiger partial charge in [-0.05, 0) is 26.9 Å². The predicted octanol–water partition coefficient (Wildman–Crippen LogP) is 3.17. The molecule has 1 nitrogen and oxygen atoms in total. The van der Waals surface area contributed by atoms with Gasteiger partial charge in [0.15, 0.2) is 0 Å². The van der Waals surface area contributed by atoms with Crippen molar-refractivity contribution < 1.29 is 32.7 Å². The fourth-order valence-corrected chi connectivity index (χ4v) is 1.61. The SMILES string of the molecule is CC.[CH2-]CC1([CH2-])CCN(C(C)C)C1.[Y]. The maximum atomic E-state index is 4.22. The average molecular weight is 272 g/mol. The predicted molar refractivity (Wildman–Crippen MR) is 60.4 cm³/mol. The second-order valence-corrected chi connectivity index (χ2v) is 4.06. The summed E-state index contributed by atoms with van der Waals surface area (Å²) < 4.78 is 0. The number of hydrogen-bond acceptors (Lipinski definition) is 1. The molecule has 1 aliphatic heterocycles. The van der Waals surface area contributed by atoms with Crippen molar-refractivity contribution >= 4 is 0 Å². The summed E-state index contributed by atoms with van der Waals surface area (Å²) in [5.41, 5.74) is 0.254. The molecule has 1 aliphatic rings. The normalized spacial score (nSPS) is 26.8. The van der Waals surface area contributed by atoms with Crippen LogP contribution in [0, 0.1) is 19.3 Å². The molecule has 1 radical (unpaired) electrons. The first-order valence-electron chi connectivity index (χ1n) is 5.46. The van der Waals surface area contributed by atoms with Gasteiger partial charge in [-0.1, -0.05) is 20.3 Å². The Morgan fingerprint density at radius 2 is 1.86 bits per heavy atom. The maximum Gasteiger partial charge on any atom is 0.00377 e. The summed E-state index contributed by atoms with van der Waals surface area (Å²) in [5, 5.41) is 0. The van der Waals surface area contributed by atoms with E-state index in [2.05, 4.69) is 32.6 Å².